The Kier molecular flexibility index (Phi) is 4.17. The van der Waals surface area contributed by atoms with Crippen LogP contribution in [0.2, 0.25) is 0 Å². The number of hydrogen-bond donors (Lipinski definition) is 2. The van der Waals surface area contributed by atoms with Gasteiger partial charge < -0.3 is 15.4 Å². The average molecular weight is 266 g/mol. The fraction of sp³-hybridized carbons (Fsp3) is 0.500. The maximum atomic E-state index is 13.2. The molecule has 0 aromatic heterocycles. The highest BCUT2D eigenvalue weighted by Gasteiger charge is 2.29. The molecular weight excluding hydrogens is 247 g/mol. The molecule has 1 aliphatic rings. The molecule has 0 saturated carbocycles. The molecule has 2 N–H and O–H groups in total. The quantitative estimate of drug-likeness (QED) is 0.863. The summed E-state index contributed by atoms with van der Waals surface area (Å²) in [6.07, 6.45) is -0.485. The first-order chi connectivity index (χ1) is 8.99. The average Bonchev–Trinajstić information content (AvgIpc) is 2.39. The van der Waals surface area contributed by atoms with Crippen molar-refractivity contribution in [2.75, 3.05) is 19.7 Å². The van der Waals surface area contributed by atoms with Crippen molar-refractivity contribution in [2.45, 2.75) is 25.5 Å². The Labute approximate surface area is 112 Å². The van der Waals surface area contributed by atoms with Crippen LogP contribution in [-0.4, -0.2) is 31.7 Å². The number of halogens is 1. The molecule has 1 amide bonds. The van der Waals surface area contributed by atoms with Crippen LogP contribution in [-0.2, 0) is 15.1 Å². The van der Waals surface area contributed by atoms with Crippen molar-refractivity contribution in [2.24, 2.45) is 0 Å². The van der Waals surface area contributed by atoms with Gasteiger partial charge in [-0.25, -0.2) is 4.39 Å². The van der Waals surface area contributed by atoms with E-state index in [2.05, 4.69) is 10.6 Å². The van der Waals surface area contributed by atoms with Gasteiger partial charge >= 0.3 is 0 Å². The Hall–Kier alpha value is -1.46. The summed E-state index contributed by atoms with van der Waals surface area (Å²) in [5, 5.41) is 6.00. The van der Waals surface area contributed by atoms with Crippen molar-refractivity contribution in [1.82, 2.24) is 10.6 Å². The Morgan fingerprint density at radius 2 is 2.32 bits per heavy atom. The molecule has 0 spiro atoms. The summed E-state index contributed by atoms with van der Waals surface area (Å²) in [5.74, 6) is -0.489. The Bertz CT molecular complexity index is 457. The lowest BCUT2D eigenvalue weighted by Gasteiger charge is -2.30. The van der Waals surface area contributed by atoms with E-state index in [1.807, 2.05) is 13.8 Å². The molecule has 1 aromatic carbocycles. The van der Waals surface area contributed by atoms with Gasteiger partial charge in [0.25, 0.3) is 5.91 Å². The van der Waals surface area contributed by atoms with Crippen LogP contribution in [0.3, 0.4) is 0 Å². The number of carbonyl (C=O) groups is 1. The number of nitrogens with one attached hydrogen (secondary N) is 2. The van der Waals surface area contributed by atoms with Gasteiger partial charge in [-0.15, -0.1) is 0 Å². The van der Waals surface area contributed by atoms with Crippen LogP contribution >= 0.6 is 0 Å². The van der Waals surface area contributed by atoms with Crippen LogP contribution < -0.4 is 10.6 Å². The zero-order valence-electron chi connectivity index (χ0n) is 11.2. The van der Waals surface area contributed by atoms with Crippen LogP contribution in [0.25, 0.3) is 0 Å². The highest BCUT2D eigenvalue weighted by molar-refractivity contribution is 5.82. The van der Waals surface area contributed by atoms with Crippen molar-refractivity contribution in [1.29, 1.82) is 0 Å². The van der Waals surface area contributed by atoms with Crippen molar-refractivity contribution < 1.29 is 13.9 Å². The van der Waals surface area contributed by atoms with E-state index < -0.39 is 11.6 Å². The Morgan fingerprint density at radius 3 is 2.95 bits per heavy atom. The van der Waals surface area contributed by atoms with Gasteiger partial charge in [-0.3, -0.25) is 4.79 Å². The molecule has 1 unspecified atom stereocenters. The number of amides is 1. The summed E-state index contributed by atoms with van der Waals surface area (Å²) in [7, 11) is 0. The lowest BCUT2D eigenvalue weighted by molar-refractivity contribution is -0.136. The Balaban J connectivity index is 2.05. The maximum absolute atomic E-state index is 13.2. The van der Waals surface area contributed by atoms with E-state index >= 15 is 0 Å². The predicted molar refractivity (Wildman–Crippen MR) is 70.2 cm³/mol. The van der Waals surface area contributed by atoms with Gasteiger partial charge in [0.15, 0.2) is 0 Å². The third-order valence-electron chi connectivity index (χ3n) is 3.20. The first kappa shape index (κ1) is 14.0. The van der Waals surface area contributed by atoms with E-state index in [-0.39, 0.29) is 11.7 Å². The van der Waals surface area contributed by atoms with Gasteiger partial charge in [0.05, 0.1) is 12.1 Å². The molecule has 1 atom stereocenters. The number of carbonyl (C=O) groups excluding carboxylic acids is 1. The smallest absolute Gasteiger partial charge is 0.251 e. The summed E-state index contributed by atoms with van der Waals surface area (Å²) < 4.78 is 18.6. The molecule has 1 aromatic rings. The van der Waals surface area contributed by atoms with Crippen LogP contribution in [0.1, 0.15) is 19.4 Å². The summed E-state index contributed by atoms with van der Waals surface area (Å²) >= 11 is 0. The fourth-order valence-corrected chi connectivity index (χ4v) is 2.07. The normalized spacial score (nSPS) is 20.1. The molecule has 2 rings (SSSR count). The molecule has 5 heteroatoms. The van der Waals surface area contributed by atoms with Crippen molar-refractivity contribution in [3.63, 3.8) is 0 Å². The summed E-state index contributed by atoms with van der Waals surface area (Å²) in [5.41, 5.74) is 0.0876. The fourth-order valence-electron chi connectivity index (χ4n) is 2.07. The first-order valence-corrected chi connectivity index (χ1v) is 6.39. The first-order valence-electron chi connectivity index (χ1n) is 6.39. The number of hydrogen-bond acceptors (Lipinski definition) is 3. The van der Waals surface area contributed by atoms with Crippen LogP contribution in [0.5, 0.6) is 0 Å². The molecule has 0 aliphatic carbocycles. The van der Waals surface area contributed by atoms with Crippen LogP contribution in [0, 0.1) is 5.82 Å². The van der Waals surface area contributed by atoms with Crippen LogP contribution in [0.15, 0.2) is 24.3 Å². The summed E-state index contributed by atoms with van der Waals surface area (Å²) in [4.78, 5) is 12.1. The van der Waals surface area contributed by atoms with Gasteiger partial charge in [-0.1, -0.05) is 12.1 Å². The minimum Gasteiger partial charge on any atom is -0.366 e. The number of ether oxygens (including phenoxy) is 1. The molecule has 1 fully saturated rings. The van der Waals surface area contributed by atoms with Gasteiger partial charge in [-0.2, -0.15) is 0 Å². The van der Waals surface area contributed by atoms with E-state index in [4.69, 9.17) is 4.74 Å². The third kappa shape index (κ3) is 3.52. The summed E-state index contributed by atoms with van der Waals surface area (Å²) in [6, 6.07) is 6.25. The van der Waals surface area contributed by atoms with E-state index in [1.54, 1.807) is 12.1 Å². The number of morpholine rings is 1. The predicted octanol–water partition coefficient (Wildman–Crippen LogP) is 1.17. The highest BCUT2D eigenvalue weighted by Crippen LogP contribution is 2.21. The van der Waals surface area contributed by atoms with Gasteiger partial charge in [-0.05, 0) is 31.5 Å². The molecule has 0 bridgehead atoms. The standard InChI is InChI=1S/C14H19FN2O2/c1-14(2,10-4-3-5-11(15)8-10)17-13(18)12-9-16-6-7-19-12/h3-5,8,12,16H,6-7,9H2,1-2H3,(H,17,18). The molecule has 1 aliphatic heterocycles. The molecule has 4 nitrogen and oxygen atoms in total. The van der Waals surface area contributed by atoms with E-state index in [0.29, 0.717) is 13.2 Å². The van der Waals surface area contributed by atoms with Gasteiger partial charge in [0, 0.05) is 13.1 Å². The lowest BCUT2D eigenvalue weighted by Crippen LogP contribution is -2.52. The third-order valence-corrected chi connectivity index (χ3v) is 3.20. The molecule has 19 heavy (non-hydrogen) atoms. The number of rotatable bonds is 3. The van der Waals surface area contributed by atoms with E-state index in [1.165, 1.54) is 12.1 Å². The molecule has 1 heterocycles. The molecule has 0 radical (unpaired) electrons. The summed E-state index contributed by atoms with van der Waals surface area (Å²) in [6.45, 7) is 5.48. The zero-order valence-corrected chi connectivity index (χ0v) is 11.2. The van der Waals surface area contributed by atoms with Crippen LogP contribution in [0.4, 0.5) is 4.39 Å². The van der Waals surface area contributed by atoms with E-state index in [0.717, 1.165) is 12.1 Å². The van der Waals surface area contributed by atoms with Crippen molar-refractivity contribution in [3.05, 3.63) is 35.6 Å². The topological polar surface area (TPSA) is 50.4 Å². The molecule has 104 valence electrons. The maximum Gasteiger partial charge on any atom is 0.251 e. The second-order valence-corrected chi connectivity index (χ2v) is 5.19. The monoisotopic (exact) mass is 266 g/mol. The van der Waals surface area contributed by atoms with Crippen molar-refractivity contribution in [3.8, 4) is 0 Å². The molecule has 1 saturated heterocycles. The van der Waals surface area contributed by atoms with Gasteiger partial charge in [0.2, 0.25) is 0 Å². The second-order valence-electron chi connectivity index (χ2n) is 5.19. The SMILES string of the molecule is CC(C)(NC(=O)C1CNCCO1)c1cccc(F)c1. The zero-order chi connectivity index (χ0) is 13.9. The highest BCUT2D eigenvalue weighted by atomic mass is 19.1. The minimum atomic E-state index is -0.639. The van der Waals surface area contributed by atoms with Gasteiger partial charge in [0.1, 0.15) is 11.9 Å². The van der Waals surface area contributed by atoms with E-state index in [9.17, 15) is 9.18 Å². The Morgan fingerprint density at radius 1 is 1.53 bits per heavy atom. The lowest BCUT2D eigenvalue weighted by atomic mass is 9.94. The molecular formula is C14H19FN2O2. The number of benzene rings is 1. The largest absolute Gasteiger partial charge is 0.366 e. The van der Waals surface area contributed by atoms with Crippen molar-refractivity contribution >= 4 is 5.91 Å². The second kappa shape index (κ2) is 5.67. The minimum absolute atomic E-state index is 0.179.